The van der Waals surface area contributed by atoms with E-state index in [-0.39, 0.29) is 5.95 Å². The van der Waals surface area contributed by atoms with Gasteiger partial charge < -0.3 is 5.73 Å². The first-order valence-corrected chi connectivity index (χ1v) is 4.90. The minimum Gasteiger partial charge on any atom is -0.368 e. The van der Waals surface area contributed by atoms with Crippen LogP contribution in [0.3, 0.4) is 0 Å². The summed E-state index contributed by atoms with van der Waals surface area (Å²) in [6.07, 6.45) is 0. The number of hydrogen-bond donors (Lipinski definition) is 1. The van der Waals surface area contributed by atoms with Crippen molar-refractivity contribution in [3.05, 3.63) is 41.0 Å². The second-order valence-electron chi connectivity index (χ2n) is 3.23. The van der Waals surface area contributed by atoms with Crippen LogP contribution >= 0.6 is 11.6 Å². The summed E-state index contributed by atoms with van der Waals surface area (Å²) in [6, 6.07) is 9.38. The van der Waals surface area contributed by atoms with Gasteiger partial charge >= 0.3 is 0 Å². The Morgan fingerprint density at radius 1 is 1.20 bits per heavy atom. The van der Waals surface area contributed by atoms with Gasteiger partial charge in [0.1, 0.15) is 0 Å². The minimum absolute atomic E-state index is 0.268. The third-order valence-electron chi connectivity index (χ3n) is 2.02. The summed E-state index contributed by atoms with van der Waals surface area (Å²) in [4.78, 5) is 8.16. The largest absolute Gasteiger partial charge is 0.368 e. The minimum atomic E-state index is 0.268. The van der Waals surface area contributed by atoms with Gasteiger partial charge in [-0.1, -0.05) is 29.8 Å². The molecule has 76 valence electrons. The molecule has 2 N–H and O–H groups in total. The summed E-state index contributed by atoms with van der Waals surface area (Å²) in [5.74, 6) is 0.268. The first-order valence-electron chi connectivity index (χ1n) is 4.53. The second kappa shape index (κ2) is 3.87. The second-order valence-corrected chi connectivity index (χ2v) is 3.64. The van der Waals surface area contributed by atoms with E-state index < -0.39 is 0 Å². The van der Waals surface area contributed by atoms with Gasteiger partial charge in [0.15, 0.2) is 0 Å². The molecule has 0 atom stereocenters. The topological polar surface area (TPSA) is 51.8 Å². The third kappa shape index (κ3) is 2.07. The van der Waals surface area contributed by atoms with Gasteiger partial charge in [-0.2, -0.15) is 0 Å². The first kappa shape index (κ1) is 9.93. The quantitative estimate of drug-likeness (QED) is 0.802. The summed E-state index contributed by atoms with van der Waals surface area (Å²) in [5.41, 5.74) is 8.04. The molecule has 2 aromatic rings. The molecule has 0 bridgehead atoms. The maximum absolute atomic E-state index is 6.06. The Bertz CT molecular complexity index is 477. The van der Waals surface area contributed by atoms with Gasteiger partial charge in [-0.05, 0) is 19.1 Å². The van der Waals surface area contributed by atoms with Gasteiger partial charge in [-0.3, -0.25) is 0 Å². The summed E-state index contributed by atoms with van der Waals surface area (Å²) in [5, 5.41) is 0.662. The zero-order valence-corrected chi connectivity index (χ0v) is 8.99. The Morgan fingerprint density at radius 3 is 2.60 bits per heavy atom. The van der Waals surface area contributed by atoms with Crippen LogP contribution in [0.4, 0.5) is 5.95 Å². The van der Waals surface area contributed by atoms with E-state index in [0.717, 1.165) is 17.0 Å². The molecule has 0 amide bonds. The average Bonchev–Trinajstić information content (AvgIpc) is 2.16. The van der Waals surface area contributed by atoms with Crippen molar-refractivity contribution in [3.63, 3.8) is 0 Å². The van der Waals surface area contributed by atoms with Crippen molar-refractivity contribution < 1.29 is 0 Å². The van der Waals surface area contributed by atoms with Crippen molar-refractivity contribution in [3.8, 4) is 11.3 Å². The molecule has 0 fully saturated rings. The van der Waals surface area contributed by atoms with Crippen molar-refractivity contribution in [2.75, 3.05) is 5.73 Å². The normalized spacial score (nSPS) is 10.3. The van der Waals surface area contributed by atoms with E-state index >= 15 is 0 Å². The molecule has 0 saturated carbocycles. The number of aryl methyl sites for hydroxylation is 1. The van der Waals surface area contributed by atoms with Gasteiger partial charge in [0.25, 0.3) is 0 Å². The number of hydrogen-bond acceptors (Lipinski definition) is 3. The van der Waals surface area contributed by atoms with Gasteiger partial charge in [0.2, 0.25) is 5.95 Å². The lowest BCUT2D eigenvalue weighted by Gasteiger charge is -2.04. The Kier molecular flexibility index (Phi) is 2.56. The highest BCUT2D eigenvalue weighted by atomic mass is 35.5. The molecule has 0 aliphatic heterocycles. The average molecular weight is 220 g/mol. The smallest absolute Gasteiger partial charge is 0.220 e. The van der Waals surface area contributed by atoms with E-state index in [4.69, 9.17) is 17.3 Å². The number of rotatable bonds is 1. The molecule has 0 aliphatic rings. The molecule has 0 spiro atoms. The molecule has 2 rings (SSSR count). The molecular formula is C11H10ClN3. The molecule has 0 saturated heterocycles. The molecule has 15 heavy (non-hydrogen) atoms. The van der Waals surface area contributed by atoms with Crippen LogP contribution in [-0.4, -0.2) is 9.97 Å². The molecule has 0 radical (unpaired) electrons. The van der Waals surface area contributed by atoms with Gasteiger partial charge in [0.05, 0.1) is 5.69 Å². The molecular weight excluding hydrogens is 210 g/mol. The van der Waals surface area contributed by atoms with Crippen LogP contribution in [0.5, 0.6) is 0 Å². The number of nitrogens with two attached hydrogens (primary N) is 1. The van der Waals surface area contributed by atoms with Crippen LogP contribution in [0.1, 0.15) is 5.69 Å². The molecule has 3 nitrogen and oxygen atoms in total. The number of anilines is 1. The molecule has 1 aromatic carbocycles. The molecule has 0 unspecified atom stereocenters. The monoisotopic (exact) mass is 219 g/mol. The lowest BCUT2D eigenvalue weighted by Crippen LogP contribution is -1.98. The van der Waals surface area contributed by atoms with E-state index in [1.54, 1.807) is 0 Å². The number of aromatic nitrogens is 2. The van der Waals surface area contributed by atoms with Gasteiger partial charge in [-0.25, -0.2) is 9.97 Å². The Hall–Kier alpha value is -1.61. The van der Waals surface area contributed by atoms with Gasteiger partial charge in [0, 0.05) is 16.3 Å². The maximum Gasteiger partial charge on any atom is 0.220 e. The Morgan fingerprint density at radius 2 is 1.93 bits per heavy atom. The van der Waals surface area contributed by atoms with Crippen molar-refractivity contribution in [2.45, 2.75) is 6.92 Å². The third-order valence-corrected chi connectivity index (χ3v) is 2.35. The van der Waals surface area contributed by atoms with E-state index in [0.29, 0.717) is 5.02 Å². The van der Waals surface area contributed by atoms with Crippen molar-refractivity contribution in [2.24, 2.45) is 0 Å². The predicted molar refractivity (Wildman–Crippen MR) is 61.6 cm³/mol. The number of nitrogens with zero attached hydrogens (tertiary/aromatic N) is 2. The zero-order chi connectivity index (χ0) is 10.8. The van der Waals surface area contributed by atoms with E-state index in [2.05, 4.69) is 9.97 Å². The van der Waals surface area contributed by atoms with Crippen LogP contribution in [0, 0.1) is 6.92 Å². The molecule has 1 aromatic heterocycles. The van der Waals surface area contributed by atoms with E-state index in [1.165, 1.54) is 0 Å². The Balaban J connectivity index is 2.59. The highest BCUT2D eigenvalue weighted by molar-refractivity contribution is 6.33. The van der Waals surface area contributed by atoms with Crippen LogP contribution in [-0.2, 0) is 0 Å². The number of benzene rings is 1. The predicted octanol–water partition coefficient (Wildman–Crippen LogP) is 2.69. The maximum atomic E-state index is 6.06. The van der Waals surface area contributed by atoms with Crippen LogP contribution in [0.15, 0.2) is 30.3 Å². The number of halogens is 1. The summed E-state index contributed by atoms with van der Waals surface area (Å²) >= 11 is 6.06. The van der Waals surface area contributed by atoms with Crippen LogP contribution < -0.4 is 5.73 Å². The Labute approximate surface area is 92.9 Å². The molecule has 0 aliphatic carbocycles. The molecule has 4 heteroatoms. The fourth-order valence-corrected chi connectivity index (χ4v) is 1.63. The zero-order valence-electron chi connectivity index (χ0n) is 8.24. The summed E-state index contributed by atoms with van der Waals surface area (Å²) in [6.45, 7) is 1.87. The lowest BCUT2D eigenvalue weighted by molar-refractivity contribution is 1.12. The van der Waals surface area contributed by atoms with E-state index in [1.807, 2.05) is 37.3 Å². The molecule has 1 heterocycles. The number of nitrogen functional groups attached to an aromatic ring is 1. The summed E-state index contributed by atoms with van der Waals surface area (Å²) in [7, 11) is 0. The highest BCUT2D eigenvalue weighted by Gasteiger charge is 2.05. The summed E-state index contributed by atoms with van der Waals surface area (Å²) < 4.78 is 0. The van der Waals surface area contributed by atoms with Crippen molar-refractivity contribution in [1.82, 2.24) is 9.97 Å². The van der Waals surface area contributed by atoms with Crippen LogP contribution in [0.25, 0.3) is 11.3 Å². The van der Waals surface area contributed by atoms with Crippen LogP contribution in [0.2, 0.25) is 5.02 Å². The standard InChI is InChI=1S/C11H10ClN3/c1-7-6-10(15-11(13)14-7)8-4-2-3-5-9(8)12/h2-6H,1H3,(H2,13,14,15). The fourth-order valence-electron chi connectivity index (χ4n) is 1.40. The fraction of sp³-hybridized carbons (Fsp3) is 0.0909. The van der Waals surface area contributed by atoms with Crippen molar-refractivity contribution >= 4 is 17.5 Å². The SMILES string of the molecule is Cc1cc(-c2ccccc2Cl)nc(N)n1. The lowest BCUT2D eigenvalue weighted by atomic mass is 10.1. The van der Waals surface area contributed by atoms with Gasteiger partial charge in [-0.15, -0.1) is 0 Å². The highest BCUT2D eigenvalue weighted by Crippen LogP contribution is 2.26. The van der Waals surface area contributed by atoms with E-state index in [9.17, 15) is 0 Å². The first-order chi connectivity index (χ1) is 7.16. The van der Waals surface area contributed by atoms with Crippen molar-refractivity contribution in [1.29, 1.82) is 0 Å².